The molecule has 0 bridgehead atoms. The maximum Gasteiger partial charge on any atom is 0.251 e. The lowest BCUT2D eigenvalue weighted by Gasteiger charge is -2.13. The summed E-state index contributed by atoms with van der Waals surface area (Å²) >= 11 is 0. The standard InChI is InChI=1S/C16H26N2O3.ClH/c1-4-17-13(2)12-18-16(19)14-6-8-15(9-7-14)21-11-5-10-20-3;/h6-9,13,17H,4-5,10-12H2,1-3H3,(H,18,19);1H/t13-;/m1./s1. The molecular formula is C16H27ClN2O3. The summed E-state index contributed by atoms with van der Waals surface area (Å²) in [5.41, 5.74) is 0.642. The zero-order valence-corrected chi connectivity index (χ0v) is 14.4. The van der Waals surface area contributed by atoms with E-state index < -0.39 is 0 Å². The number of amides is 1. The molecule has 1 atom stereocenters. The second kappa shape index (κ2) is 12.3. The van der Waals surface area contributed by atoms with Gasteiger partial charge in [0.05, 0.1) is 6.61 Å². The van der Waals surface area contributed by atoms with Crippen LogP contribution in [-0.4, -0.2) is 45.4 Å². The number of carbonyl (C=O) groups is 1. The molecule has 5 nitrogen and oxygen atoms in total. The predicted octanol–water partition coefficient (Wildman–Crippen LogP) is 2.25. The third kappa shape index (κ3) is 8.22. The molecule has 0 spiro atoms. The number of methoxy groups -OCH3 is 1. The number of ether oxygens (including phenoxy) is 2. The van der Waals surface area contributed by atoms with Crippen LogP contribution in [0.1, 0.15) is 30.6 Å². The van der Waals surface area contributed by atoms with Crippen LogP contribution in [0.4, 0.5) is 0 Å². The molecule has 6 heteroatoms. The summed E-state index contributed by atoms with van der Waals surface area (Å²) in [7, 11) is 1.67. The molecule has 1 amide bonds. The number of hydrogen-bond donors (Lipinski definition) is 2. The van der Waals surface area contributed by atoms with Crippen molar-refractivity contribution >= 4 is 18.3 Å². The number of carbonyl (C=O) groups excluding carboxylic acids is 1. The summed E-state index contributed by atoms with van der Waals surface area (Å²) in [4.78, 5) is 12.0. The zero-order valence-electron chi connectivity index (χ0n) is 13.6. The molecule has 2 N–H and O–H groups in total. The van der Waals surface area contributed by atoms with Crippen molar-refractivity contribution < 1.29 is 14.3 Å². The molecule has 0 aliphatic rings. The summed E-state index contributed by atoms with van der Waals surface area (Å²) < 4.78 is 10.5. The summed E-state index contributed by atoms with van der Waals surface area (Å²) in [5, 5.41) is 6.15. The molecule has 1 aromatic carbocycles. The molecule has 126 valence electrons. The van der Waals surface area contributed by atoms with Crippen LogP contribution in [0, 0.1) is 0 Å². The number of likely N-dealkylation sites (N-methyl/N-ethyl adjacent to an activating group) is 1. The highest BCUT2D eigenvalue weighted by atomic mass is 35.5. The Morgan fingerprint density at radius 3 is 2.50 bits per heavy atom. The van der Waals surface area contributed by atoms with E-state index in [-0.39, 0.29) is 24.4 Å². The highest BCUT2D eigenvalue weighted by Gasteiger charge is 2.07. The molecule has 0 aliphatic heterocycles. The Kier molecular flexibility index (Phi) is 11.5. The maximum absolute atomic E-state index is 12.0. The molecule has 0 radical (unpaired) electrons. The zero-order chi connectivity index (χ0) is 15.5. The van der Waals surface area contributed by atoms with Crippen molar-refractivity contribution in [2.75, 3.05) is 33.4 Å². The molecule has 0 unspecified atom stereocenters. The van der Waals surface area contributed by atoms with Gasteiger partial charge in [-0.3, -0.25) is 4.79 Å². The largest absolute Gasteiger partial charge is 0.494 e. The van der Waals surface area contributed by atoms with E-state index in [1.807, 2.05) is 26.0 Å². The number of halogens is 1. The van der Waals surface area contributed by atoms with Crippen LogP contribution in [0.25, 0.3) is 0 Å². The quantitative estimate of drug-likeness (QED) is 0.646. The van der Waals surface area contributed by atoms with Gasteiger partial charge >= 0.3 is 0 Å². The molecule has 0 aromatic heterocycles. The van der Waals surface area contributed by atoms with E-state index in [2.05, 4.69) is 10.6 Å². The molecule has 0 saturated heterocycles. The van der Waals surface area contributed by atoms with Gasteiger partial charge in [-0.25, -0.2) is 0 Å². The molecule has 0 aliphatic carbocycles. The van der Waals surface area contributed by atoms with E-state index in [1.165, 1.54) is 0 Å². The Morgan fingerprint density at radius 2 is 1.91 bits per heavy atom. The van der Waals surface area contributed by atoms with Crippen molar-refractivity contribution in [1.29, 1.82) is 0 Å². The van der Waals surface area contributed by atoms with Gasteiger partial charge in [0.25, 0.3) is 5.91 Å². The number of benzene rings is 1. The molecule has 22 heavy (non-hydrogen) atoms. The smallest absolute Gasteiger partial charge is 0.251 e. The van der Waals surface area contributed by atoms with E-state index in [0.717, 1.165) is 18.7 Å². The predicted molar refractivity (Wildman–Crippen MR) is 91.1 cm³/mol. The van der Waals surface area contributed by atoms with E-state index in [4.69, 9.17) is 9.47 Å². The monoisotopic (exact) mass is 330 g/mol. The normalized spacial score (nSPS) is 11.4. The van der Waals surface area contributed by atoms with Gasteiger partial charge in [0, 0.05) is 38.3 Å². The fourth-order valence-corrected chi connectivity index (χ4v) is 1.86. The Morgan fingerprint density at radius 1 is 1.23 bits per heavy atom. The van der Waals surface area contributed by atoms with Gasteiger partial charge in [0.1, 0.15) is 5.75 Å². The van der Waals surface area contributed by atoms with Crippen molar-refractivity contribution in [2.24, 2.45) is 0 Å². The van der Waals surface area contributed by atoms with Crippen molar-refractivity contribution in [3.8, 4) is 5.75 Å². The first-order chi connectivity index (χ1) is 10.2. The van der Waals surface area contributed by atoms with Crippen molar-refractivity contribution in [1.82, 2.24) is 10.6 Å². The Bertz CT molecular complexity index is 412. The SMILES string of the molecule is CCN[C@H](C)CNC(=O)c1ccc(OCCCOC)cc1.Cl. The summed E-state index contributed by atoms with van der Waals surface area (Å²) in [5.74, 6) is 0.703. The van der Waals surface area contributed by atoms with Crippen LogP contribution in [0.3, 0.4) is 0 Å². The second-order valence-corrected chi connectivity index (χ2v) is 4.89. The van der Waals surface area contributed by atoms with Gasteiger partial charge in [-0.05, 0) is 37.7 Å². The van der Waals surface area contributed by atoms with E-state index in [1.54, 1.807) is 19.2 Å². The number of hydrogen-bond acceptors (Lipinski definition) is 4. The molecule has 1 aromatic rings. The lowest BCUT2D eigenvalue weighted by molar-refractivity contribution is 0.0950. The molecule has 1 rings (SSSR count). The minimum Gasteiger partial charge on any atom is -0.494 e. The van der Waals surface area contributed by atoms with Crippen LogP contribution >= 0.6 is 12.4 Å². The van der Waals surface area contributed by atoms with Gasteiger partial charge in [-0.2, -0.15) is 0 Å². The highest BCUT2D eigenvalue weighted by molar-refractivity contribution is 5.94. The minimum absolute atomic E-state index is 0. The van der Waals surface area contributed by atoms with Crippen LogP contribution in [0.15, 0.2) is 24.3 Å². The van der Waals surface area contributed by atoms with E-state index >= 15 is 0 Å². The Balaban J connectivity index is 0.00000441. The Labute approximate surface area is 139 Å². The van der Waals surface area contributed by atoms with Crippen LogP contribution in [-0.2, 0) is 4.74 Å². The lowest BCUT2D eigenvalue weighted by atomic mass is 10.2. The van der Waals surface area contributed by atoms with E-state index in [9.17, 15) is 4.79 Å². The van der Waals surface area contributed by atoms with Crippen LogP contribution < -0.4 is 15.4 Å². The van der Waals surface area contributed by atoms with Gasteiger partial charge in [-0.15, -0.1) is 12.4 Å². The first kappa shape index (κ1) is 20.7. The summed E-state index contributed by atoms with van der Waals surface area (Å²) in [6, 6.07) is 7.45. The number of rotatable bonds is 10. The fourth-order valence-electron chi connectivity index (χ4n) is 1.86. The third-order valence-corrected chi connectivity index (χ3v) is 3.00. The van der Waals surface area contributed by atoms with Gasteiger partial charge in [-0.1, -0.05) is 6.92 Å². The van der Waals surface area contributed by atoms with Gasteiger partial charge in [0.15, 0.2) is 0 Å². The molecular weight excluding hydrogens is 304 g/mol. The first-order valence-electron chi connectivity index (χ1n) is 7.40. The lowest BCUT2D eigenvalue weighted by Crippen LogP contribution is -2.38. The van der Waals surface area contributed by atoms with Crippen molar-refractivity contribution in [3.63, 3.8) is 0 Å². The van der Waals surface area contributed by atoms with Crippen LogP contribution in [0.5, 0.6) is 5.75 Å². The van der Waals surface area contributed by atoms with E-state index in [0.29, 0.717) is 25.3 Å². The molecule has 0 saturated carbocycles. The van der Waals surface area contributed by atoms with Crippen molar-refractivity contribution in [2.45, 2.75) is 26.3 Å². The van der Waals surface area contributed by atoms with Crippen LogP contribution in [0.2, 0.25) is 0 Å². The van der Waals surface area contributed by atoms with Crippen molar-refractivity contribution in [3.05, 3.63) is 29.8 Å². The summed E-state index contributed by atoms with van der Waals surface area (Å²) in [6.07, 6.45) is 0.848. The minimum atomic E-state index is -0.0642. The second-order valence-electron chi connectivity index (χ2n) is 4.89. The topological polar surface area (TPSA) is 59.6 Å². The molecule has 0 fully saturated rings. The molecule has 0 heterocycles. The fraction of sp³-hybridized carbons (Fsp3) is 0.562. The van der Waals surface area contributed by atoms with Gasteiger partial charge in [0.2, 0.25) is 0 Å². The average Bonchev–Trinajstić information content (AvgIpc) is 2.50. The highest BCUT2D eigenvalue weighted by Crippen LogP contribution is 2.12. The maximum atomic E-state index is 12.0. The number of nitrogens with one attached hydrogen (secondary N) is 2. The summed E-state index contributed by atoms with van der Waals surface area (Å²) in [6.45, 7) is 6.89. The first-order valence-corrected chi connectivity index (χ1v) is 7.40. The third-order valence-electron chi connectivity index (χ3n) is 3.00. The Hall–Kier alpha value is -1.30. The average molecular weight is 331 g/mol. The van der Waals surface area contributed by atoms with Gasteiger partial charge < -0.3 is 20.1 Å².